The number of allylic oxidation sites excluding steroid dienone is 15. The quantitative estimate of drug-likeness (QED) is 0.0245. The number of amides is 1. The molecule has 0 spiro atoms. The van der Waals surface area contributed by atoms with E-state index < -0.39 is 20.0 Å². The summed E-state index contributed by atoms with van der Waals surface area (Å²) in [7, 11) is 1.51. The number of aliphatic hydroxyl groups excluding tert-OH is 1. The lowest BCUT2D eigenvalue weighted by Crippen LogP contribution is -2.45. The van der Waals surface area contributed by atoms with Gasteiger partial charge in [0.2, 0.25) is 5.91 Å². The number of aliphatic hydroxyl groups is 1. The molecule has 0 aliphatic rings. The fourth-order valence-corrected chi connectivity index (χ4v) is 6.77. The maximum atomic E-state index is 12.9. The van der Waals surface area contributed by atoms with Crippen molar-refractivity contribution >= 4 is 13.7 Å². The van der Waals surface area contributed by atoms with Gasteiger partial charge in [-0.25, -0.2) is 4.57 Å². The lowest BCUT2D eigenvalue weighted by Gasteiger charge is -2.25. The first kappa shape index (κ1) is 57.4. The summed E-state index contributed by atoms with van der Waals surface area (Å²) < 4.78 is 23.6. The molecule has 0 aliphatic heterocycles. The van der Waals surface area contributed by atoms with Gasteiger partial charge in [-0.05, 0) is 89.9 Å². The summed E-state index contributed by atoms with van der Waals surface area (Å²) in [4.78, 5) is 23.2. The number of likely N-dealkylation sites (N-methyl/N-ethyl adjacent to an activating group) is 1. The van der Waals surface area contributed by atoms with Gasteiger partial charge in [-0.15, -0.1) is 0 Å². The van der Waals surface area contributed by atoms with Crippen molar-refractivity contribution in [3.63, 3.8) is 0 Å². The van der Waals surface area contributed by atoms with Crippen LogP contribution in [0.1, 0.15) is 168 Å². The number of carbonyl (C=O) groups excluding carboxylic acids is 1. The molecule has 0 heterocycles. The predicted molar refractivity (Wildman–Crippen MR) is 258 cm³/mol. The molecular formula is C51H90N2O6P+. The summed E-state index contributed by atoms with van der Waals surface area (Å²) in [6.45, 7) is 4.62. The highest BCUT2D eigenvalue weighted by atomic mass is 31.2. The summed E-state index contributed by atoms with van der Waals surface area (Å²) in [6, 6.07) is -0.886. The SMILES string of the molecule is CC/C=C\C/C=C\C/C=C\C/C=C\C/C=C\CCCCCCCC(=O)NC(COP(=O)(O)OCC[N+](C)(C)C)C(O)/C=C/CC/C=C/CC/C=C/CCCCCCCCC. The van der Waals surface area contributed by atoms with Gasteiger partial charge in [-0.2, -0.15) is 0 Å². The molecule has 3 N–H and O–H groups in total. The fourth-order valence-electron chi connectivity index (χ4n) is 6.04. The first-order valence-corrected chi connectivity index (χ1v) is 25.1. The van der Waals surface area contributed by atoms with Gasteiger partial charge in [0, 0.05) is 6.42 Å². The standard InChI is InChI=1S/C51H89N2O6P/c1-6-8-10-12-14-16-18-20-22-24-25-26-27-29-31-33-35-37-39-41-43-45-51(55)52-49(48-59-60(56,57)58-47-46-53(3,4)5)50(54)44-42-40-38-36-34-32-30-28-23-21-19-17-15-13-11-9-7-2/h8,10,14,16,20,22-23,25-26,28-29,31,34,36,42,44,49-50,54H,6-7,9,11-13,15,17-19,21,24,27,30,32-33,35,37-41,43,45-48H2,1-5H3,(H-,52,55,56,57)/p+1/b10-8-,16-14-,22-20-,26-25-,28-23+,31-29-,36-34+,44-42+. The van der Waals surface area contributed by atoms with Gasteiger partial charge in [0.15, 0.2) is 0 Å². The molecule has 0 saturated carbocycles. The zero-order valence-corrected chi connectivity index (χ0v) is 39.8. The molecule has 3 unspecified atom stereocenters. The molecule has 0 fully saturated rings. The number of phosphoric acid groups is 1. The van der Waals surface area contributed by atoms with E-state index in [0.29, 0.717) is 17.4 Å². The number of nitrogens with zero attached hydrogens (tertiary/aromatic N) is 1. The normalized spacial score (nSPS) is 15.1. The van der Waals surface area contributed by atoms with E-state index in [1.165, 1.54) is 51.4 Å². The van der Waals surface area contributed by atoms with Crippen molar-refractivity contribution in [3.8, 4) is 0 Å². The smallest absolute Gasteiger partial charge is 0.387 e. The third-order valence-corrected chi connectivity index (χ3v) is 10.7. The molecule has 0 aromatic heterocycles. The summed E-state index contributed by atoms with van der Waals surface area (Å²) in [6.07, 6.45) is 59.1. The zero-order valence-electron chi connectivity index (χ0n) is 38.9. The average molecular weight is 858 g/mol. The Morgan fingerprint density at radius 1 is 0.583 bits per heavy atom. The summed E-state index contributed by atoms with van der Waals surface area (Å²) in [5.41, 5.74) is 0. The molecule has 8 nitrogen and oxygen atoms in total. The highest BCUT2D eigenvalue weighted by Gasteiger charge is 2.27. The number of phosphoric ester groups is 1. The number of unbranched alkanes of at least 4 members (excludes halogenated alkanes) is 14. The highest BCUT2D eigenvalue weighted by Crippen LogP contribution is 2.43. The molecular weight excluding hydrogens is 768 g/mol. The number of carbonyl (C=O) groups is 1. The van der Waals surface area contributed by atoms with Gasteiger partial charge in [-0.3, -0.25) is 13.8 Å². The van der Waals surface area contributed by atoms with Crippen molar-refractivity contribution in [2.75, 3.05) is 40.9 Å². The van der Waals surface area contributed by atoms with Crippen LogP contribution in [-0.4, -0.2) is 73.4 Å². The minimum absolute atomic E-state index is 0.0438. The molecule has 3 atom stereocenters. The molecule has 60 heavy (non-hydrogen) atoms. The Bertz CT molecular complexity index is 1290. The Morgan fingerprint density at radius 3 is 1.53 bits per heavy atom. The van der Waals surface area contributed by atoms with Crippen LogP contribution in [0.3, 0.4) is 0 Å². The lowest BCUT2D eigenvalue weighted by molar-refractivity contribution is -0.870. The van der Waals surface area contributed by atoms with Crippen LogP contribution in [-0.2, 0) is 18.4 Å². The Kier molecular flexibility index (Phi) is 40.0. The van der Waals surface area contributed by atoms with Crippen molar-refractivity contribution in [3.05, 3.63) is 97.2 Å². The van der Waals surface area contributed by atoms with Gasteiger partial charge in [0.05, 0.1) is 39.9 Å². The van der Waals surface area contributed by atoms with Gasteiger partial charge in [-0.1, -0.05) is 169 Å². The molecule has 0 aromatic carbocycles. The Balaban J connectivity index is 4.52. The van der Waals surface area contributed by atoms with E-state index in [2.05, 4.69) is 104 Å². The molecule has 0 aromatic rings. The molecule has 0 saturated heterocycles. The number of rotatable bonds is 41. The predicted octanol–water partition coefficient (Wildman–Crippen LogP) is 13.5. The molecule has 0 rings (SSSR count). The van der Waals surface area contributed by atoms with E-state index >= 15 is 0 Å². The second-order valence-corrected chi connectivity index (χ2v) is 18.2. The van der Waals surface area contributed by atoms with E-state index in [-0.39, 0.29) is 19.1 Å². The van der Waals surface area contributed by atoms with Crippen LogP contribution in [0.2, 0.25) is 0 Å². The van der Waals surface area contributed by atoms with E-state index in [0.717, 1.165) is 96.3 Å². The number of nitrogens with one attached hydrogen (secondary N) is 1. The van der Waals surface area contributed by atoms with E-state index in [9.17, 15) is 19.4 Å². The van der Waals surface area contributed by atoms with Crippen LogP contribution in [0.15, 0.2) is 97.2 Å². The van der Waals surface area contributed by atoms with Crippen LogP contribution >= 0.6 is 7.82 Å². The molecule has 0 radical (unpaired) electrons. The minimum Gasteiger partial charge on any atom is -0.387 e. The molecule has 0 bridgehead atoms. The molecule has 344 valence electrons. The third-order valence-electron chi connectivity index (χ3n) is 9.77. The number of quaternary nitrogens is 1. The topological polar surface area (TPSA) is 105 Å². The van der Waals surface area contributed by atoms with Gasteiger partial charge in [0.25, 0.3) is 0 Å². The third kappa shape index (κ3) is 43.5. The summed E-state index contributed by atoms with van der Waals surface area (Å²) >= 11 is 0. The van der Waals surface area contributed by atoms with Crippen molar-refractivity contribution in [1.82, 2.24) is 5.32 Å². The second-order valence-electron chi connectivity index (χ2n) is 16.7. The fraction of sp³-hybridized carbons (Fsp3) is 0.667. The van der Waals surface area contributed by atoms with Crippen molar-refractivity contribution in [2.24, 2.45) is 0 Å². The zero-order chi connectivity index (χ0) is 44.3. The van der Waals surface area contributed by atoms with Crippen LogP contribution in [0.25, 0.3) is 0 Å². The first-order chi connectivity index (χ1) is 29.0. The lowest BCUT2D eigenvalue weighted by atomic mass is 10.1. The number of hydrogen-bond donors (Lipinski definition) is 3. The van der Waals surface area contributed by atoms with Crippen LogP contribution in [0, 0.1) is 0 Å². The van der Waals surface area contributed by atoms with Gasteiger partial charge in [0.1, 0.15) is 13.2 Å². The van der Waals surface area contributed by atoms with Crippen molar-refractivity contribution < 1.29 is 32.9 Å². The van der Waals surface area contributed by atoms with Gasteiger partial charge >= 0.3 is 7.82 Å². The van der Waals surface area contributed by atoms with E-state index in [4.69, 9.17) is 9.05 Å². The second kappa shape index (κ2) is 41.8. The minimum atomic E-state index is -4.36. The molecule has 1 amide bonds. The first-order valence-electron chi connectivity index (χ1n) is 23.6. The molecule has 9 heteroatoms. The van der Waals surface area contributed by atoms with Crippen LogP contribution in [0.5, 0.6) is 0 Å². The largest absolute Gasteiger partial charge is 0.472 e. The van der Waals surface area contributed by atoms with Crippen molar-refractivity contribution in [1.29, 1.82) is 0 Å². The van der Waals surface area contributed by atoms with Crippen LogP contribution in [0.4, 0.5) is 0 Å². The van der Waals surface area contributed by atoms with E-state index in [1.54, 1.807) is 6.08 Å². The highest BCUT2D eigenvalue weighted by molar-refractivity contribution is 7.47. The summed E-state index contributed by atoms with van der Waals surface area (Å²) in [5, 5.41) is 13.8. The Hall–Kier alpha value is -2.58. The van der Waals surface area contributed by atoms with Crippen molar-refractivity contribution in [2.45, 2.75) is 180 Å². The Labute approximate surface area is 369 Å². The Morgan fingerprint density at radius 2 is 1.02 bits per heavy atom. The molecule has 0 aliphatic carbocycles. The maximum absolute atomic E-state index is 12.9. The monoisotopic (exact) mass is 858 g/mol. The maximum Gasteiger partial charge on any atom is 0.472 e. The van der Waals surface area contributed by atoms with Gasteiger partial charge < -0.3 is 19.8 Å². The number of hydrogen-bond acceptors (Lipinski definition) is 5. The average Bonchev–Trinajstić information content (AvgIpc) is 3.20. The summed E-state index contributed by atoms with van der Waals surface area (Å²) in [5.74, 6) is -0.215. The van der Waals surface area contributed by atoms with Crippen LogP contribution < -0.4 is 5.32 Å². The van der Waals surface area contributed by atoms with E-state index in [1.807, 2.05) is 27.2 Å².